The van der Waals surface area contributed by atoms with E-state index < -0.39 is 20.9 Å². The van der Waals surface area contributed by atoms with Crippen molar-refractivity contribution in [3.8, 4) is 11.5 Å². The van der Waals surface area contributed by atoms with Gasteiger partial charge in [0.15, 0.2) is 0 Å². The van der Waals surface area contributed by atoms with E-state index >= 15 is 0 Å². The number of sulfonamides is 1. The van der Waals surface area contributed by atoms with E-state index in [1.54, 1.807) is 13.0 Å². The molecule has 2 rings (SSSR count). The lowest BCUT2D eigenvalue weighted by Gasteiger charge is -2.13. The van der Waals surface area contributed by atoms with Crippen molar-refractivity contribution < 1.29 is 27.6 Å². The van der Waals surface area contributed by atoms with Crippen molar-refractivity contribution in [1.82, 2.24) is 4.72 Å². The zero-order chi connectivity index (χ0) is 20.2. The number of halogens is 1. The Morgan fingerprint density at radius 1 is 1.22 bits per heavy atom. The lowest BCUT2D eigenvalue weighted by Crippen LogP contribution is -2.31. The summed E-state index contributed by atoms with van der Waals surface area (Å²) in [5.41, 5.74) is -0.668. The number of methoxy groups -OCH3 is 1. The second-order valence-electron chi connectivity index (χ2n) is 5.10. The van der Waals surface area contributed by atoms with Crippen LogP contribution in [0.4, 0.5) is 5.69 Å². The van der Waals surface area contributed by atoms with E-state index in [-0.39, 0.29) is 34.3 Å². The summed E-state index contributed by atoms with van der Waals surface area (Å²) in [6.45, 7) is 1.90. The Labute approximate surface area is 163 Å². The number of nitrogens with zero attached hydrogens (tertiary/aromatic N) is 1. The summed E-state index contributed by atoms with van der Waals surface area (Å²) in [6.07, 6.45) is 0. The quantitative estimate of drug-likeness (QED) is 0.499. The van der Waals surface area contributed by atoms with Crippen molar-refractivity contribution in [1.29, 1.82) is 0 Å². The van der Waals surface area contributed by atoms with Gasteiger partial charge in [0.2, 0.25) is 0 Å². The second kappa shape index (κ2) is 8.35. The first-order valence-corrected chi connectivity index (χ1v) is 9.79. The van der Waals surface area contributed by atoms with Crippen LogP contribution >= 0.6 is 15.9 Å². The minimum atomic E-state index is -4.32. The maximum absolute atomic E-state index is 12.7. The van der Waals surface area contributed by atoms with Crippen molar-refractivity contribution in [3.05, 3.63) is 56.5 Å². The number of hydrogen-bond acceptors (Lipinski definition) is 7. The molecule has 144 valence electrons. The Hall–Kier alpha value is -2.66. The van der Waals surface area contributed by atoms with Crippen LogP contribution in [0, 0.1) is 10.1 Å². The zero-order valence-electron chi connectivity index (χ0n) is 14.3. The van der Waals surface area contributed by atoms with Crippen LogP contribution in [0.5, 0.6) is 11.5 Å². The van der Waals surface area contributed by atoms with Gasteiger partial charge in [-0.15, -0.1) is 0 Å². The number of benzene rings is 2. The molecule has 0 fully saturated rings. The van der Waals surface area contributed by atoms with E-state index in [2.05, 4.69) is 15.9 Å². The molecule has 0 bridgehead atoms. The monoisotopic (exact) mass is 458 g/mol. The molecule has 0 aliphatic rings. The van der Waals surface area contributed by atoms with E-state index in [0.717, 1.165) is 12.1 Å². The predicted molar refractivity (Wildman–Crippen MR) is 99.6 cm³/mol. The Morgan fingerprint density at radius 3 is 2.48 bits per heavy atom. The molecule has 27 heavy (non-hydrogen) atoms. The van der Waals surface area contributed by atoms with Crippen LogP contribution in [-0.2, 0) is 10.0 Å². The first-order chi connectivity index (χ1) is 12.7. The summed E-state index contributed by atoms with van der Waals surface area (Å²) in [4.78, 5) is 22.5. The highest BCUT2D eigenvalue weighted by atomic mass is 79.9. The maximum atomic E-state index is 12.7. The fourth-order valence-electron chi connectivity index (χ4n) is 2.19. The van der Waals surface area contributed by atoms with Gasteiger partial charge in [0.05, 0.1) is 24.2 Å². The van der Waals surface area contributed by atoms with E-state index in [4.69, 9.17) is 9.47 Å². The number of nitro groups is 1. The van der Waals surface area contributed by atoms with Crippen molar-refractivity contribution >= 4 is 37.5 Å². The number of amides is 1. The van der Waals surface area contributed by atoms with Gasteiger partial charge in [0.1, 0.15) is 16.4 Å². The Balaban J connectivity index is 2.45. The van der Waals surface area contributed by atoms with Gasteiger partial charge < -0.3 is 9.47 Å². The SMILES string of the molecule is CCOc1ccc(Br)cc1S(=O)(=O)NC(=O)c1cc([N+](=O)[O-])ccc1OC. The molecule has 0 heterocycles. The van der Waals surface area contributed by atoms with Crippen LogP contribution in [0.25, 0.3) is 0 Å². The Bertz CT molecular complexity index is 992. The number of rotatable bonds is 7. The highest BCUT2D eigenvalue weighted by Gasteiger charge is 2.26. The third-order valence-electron chi connectivity index (χ3n) is 3.36. The van der Waals surface area contributed by atoms with E-state index in [1.165, 1.54) is 25.3 Å². The number of nitro benzene ring substituents is 1. The number of nitrogens with one attached hydrogen (secondary N) is 1. The van der Waals surface area contributed by atoms with E-state index in [1.807, 2.05) is 4.72 Å². The normalized spacial score (nSPS) is 10.9. The van der Waals surface area contributed by atoms with Gasteiger partial charge in [-0.1, -0.05) is 15.9 Å². The van der Waals surface area contributed by atoms with Gasteiger partial charge in [-0.25, -0.2) is 13.1 Å². The topological polar surface area (TPSA) is 125 Å². The molecule has 0 saturated heterocycles. The summed E-state index contributed by atoms with van der Waals surface area (Å²) in [5.74, 6) is -1.02. The molecule has 0 atom stereocenters. The Kier molecular flexibility index (Phi) is 6.39. The first kappa shape index (κ1) is 20.6. The smallest absolute Gasteiger partial charge is 0.270 e. The zero-order valence-corrected chi connectivity index (χ0v) is 16.7. The molecule has 2 aromatic carbocycles. The third-order valence-corrected chi connectivity index (χ3v) is 5.21. The van der Waals surface area contributed by atoms with E-state index in [9.17, 15) is 23.3 Å². The lowest BCUT2D eigenvalue weighted by molar-refractivity contribution is -0.384. The Morgan fingerprint density at radius 2 is 1.89 bits per heavy atom. The number of ether oxygens (including phenoxy) is 2. The highest BCUT2D eigenvalue weighted by Crippen LogP contribution is 2.29. The molecule has 0 spiro atoms. The van der Waals surface area contributed by atoms with Crippen LogP contribution in [0.3, 0.4) is 0 Å². The van der Waals surface area contributed by atoms with E-state index in [0.29, 0.717) is 4.47 Å². The molecule has 0 radical (unpaired) electrons. The van der Waals surface area contributed by atoms with Crippen molar-refractivity contribution in [2.24, 2.45) is 0 Å². The molecular formula is C16H15BrN2O7S. The van der Waals surface area contributed by atoms with Gasteiger partial charge >= 0.3 is 0 Å². The van der Waals surface area contributed by atoms with Crippen molar-refractivity contribution in [2.45, 2.75) is 11.8 Å². The summed E-state index contributed by atoms with van der Waals surface area (Å²) in [7, 11) is -3.06. The van der Waals surface area contributed by atoms with Gasteiger partial charge in [-0.05, 0) is 31.2 Å². The van der Waals surface area contributed by atoms with Gasteiger partial charge in [0, 0.05) is 16.6 Å². The fraction of sp³-hybridized carbons (Fsp3) is 0.188. The lowest BCUT2D eigenvalue weighted by atomic mass is 10.1. The largest absolute Gasteiger partial charge is 0.496 e. The second-order valence-corrected chi connectivity index (χ2v) is 7.67. The maximum Gasteiger partial charge on any atom is 0.270 e. The van der Waals surface area contributed by atoms with Crippen LogP contribution in [0.15, 0.2) is 45.8 Å². The number of carbonyl (C=O) groups is 1. The van der Waals surface area contributed by atoms with Crippen LogP contribution in [-0.4, -0.2) is 33.0 Å². The molecular weight excluding hydrogens is 444 g/mol. The minimum Gasteiger partial charge on any atom is -0.496 e. The van der Waals surface area contributed by atoms with Crippen LogP contribution in [0.2, 0.25) is 0 Å². The minimum absolute atomic E-state index is 0.00688. The number of non-ortho nitro benzene ring substituents is 1. The summed E-state index contributed by atoms with van der Waals surface area (Å²) in [6, 6.07) is 7.62. The molecule has 0 saturated carbocycles. The summed E-state index contributed by atoms with van der Waals surface area (Å²) >= 11 is 3.17. The van der Waals surface area contributed by atoms with Gasteiger partial charge in [-0.3, -0.25) is 14.9 Å². The molecule has 2 aromatic rings. The molecule has 0 aliphatic carbocycles. The molecule has 0 unspecified atom stereocenters. The molecule has 1 N–H and O–H groups in total. The summed E-state index contributed by atoms with van der Waals surface area (Å²) < 4.78 is 38.0. The standard InChI is InChI=1S/C16H15BrN2O7S/c1-3-26-14-6-4-10(17)8-15(14)27(23,24)18-16(20)12-9-11(19(21)22)5-7-13(12)25-2/h4-9H,3H2,1-2H3,(H,18,20). The van der Waals surface area contributed by atoms with Gasteiger partial charge in [-0.2, -0.15) is 0 Å². The predicted octanol–water partition coefficient (Wildman–Crippen LogP) is 2.88. The molecule has 9 nitrogen and oxygen atoms in total. The fourth-order valence-corrected chi connectivity index (χ4v) is 3.84. The van der Waals surface area contributed by atoms with Crippen LogP contribution in [0.1, 0.15) is 17.3 Å². The molecule has 11 heteroatoms. The number of carbonyl (C=O) groups excluding carboxylic acids is 1. The average molecular weight is 459 g/mol. The molecule has 0 aromatic heterocycles. The summed E-state index contributed by atoms with van der Waals surface area (Å²) in [5, 5.41) is 10.9. The highest BCUT2D eigenvalue weighted by molar-refractivity contribution is 9.10. The van der Waals surface area contributed by atoms with Crippen molar-refractivity contribution in [2.75, 3.05) is 13.7 Å². The van der Waals surface area contributed by atoms with Gasteiger partial charge in [0.25, 0.3) is 21.6 Å². The average Bonchev–Trinajstić information content (AvgIpc) is 2.62. The third kappa shape index (κ3) is 4.74. The number of hydrogen-bond donors (Lipinski definition) is 1. The molecule has 1 amide bonds. The van der Waals surface area contributed by atoms with Crippen molar-refractivity contribution in [3.63, 3.8) is 0 Å². The first-order valence-electron chi connectivity index (χ1n) is 7.51. The van der Waals surface area contributed by atoms with Crippen LogP contribution < -0.4 is 14.2 Å². The molecule has 0 aliphatic heterocycles.